The van der Waals surface area contributed by atoms with Crippen molar-refractivity contribution in [1.82, 2.24) is 10.2 Å². The lowest BCUT2D eigenvalue weighted by atomic mass is 9.80. The van der Waals surface area contributed by atoms with E-state index in [1.54, 1.807) is 12.1 Å². The summed E-state index contributed by atoms with van der Waals surface area (Å²) >= 11 is 2.04. The fourth-order valence-electron chi connectivity index (χ4n) is 3.90. The van der Waals surface area contributed by atoms with Crippen LogP contribution in [-0.4, -0.2) is 47.5 Å². The van der Waals surface area contributed by atoms with Crippen LogP contribution in [0, 0.1) is 0 Å². The van der Waals surface area contributed by atoms with Crippen molar-refractivity contribution in [1.29, 1.82) is 0 Å². The van der Waals surface area contributed by atoms with E-state index in [-0.39, 0.29) is 36.3 Å². The summed E-state index contributed by atoms with van der Waals surface area (Å²) in [6, 6.07) is 7.31. The first-order valence-corrected chi connectivity index (χ1v) is 9.82. The molecule has 0 aromatic heterocycles. The second-order valence-electron chi connectivity index (χ2n) is 6.65. The topological polar surface area (TPSA) is 58.4 Å². The van der Waals surface area contributed by atoms with Crippen molar-refractivity contribution in [3.05, 3.63) is 29.8 Å². The summed E-state index contributed by atoms with van der Waals surface area (Å²) in [6.07, 6.45) is 6.26. The van der Waals surface area contributed by atoms with E-state index in [0.29, 0.717) is 11.3 Å². The lowest BCUT2D eigenvalue weighted by Crippen LogP contribution is -2.58. The normalized spacial score (nSPS) is 20.0. The van der Waals surface area contributed by atoms with Crippen LogP contribution in [0.4, 0.5) is 5.69 Å². The van der Waals surface area contributed by atoms with Gasteiger partial charge >= 0.3 is 0 Å². The number of carbonyl (C=O) groups excluding carboxylic acids is 1. The number of benzene rings is 1. The molecule has 0 atom stereocenters. The SMILES string of the molecule is Cl.Cl.Nc1ccccc1C(=O)NCC1(N2CCSCC2)CCCCC1. The van der Waals surface area contributed by atoms with Gasteiger partial charge in [0.15, 0.2) is 0 Å². The molecule has 2 fully saturated rings. The van der Waals surface area contributed by atoms with Gasteiger partial charge in [-0.1, -0.05) is 31.4 Å². The van der Waals surface area contributed by atoms with Crippen LogP contribution >= 0.6 is 36.6 Å². The van der Waals surface area contributed by atoms with E-state index in [0.717, 1.165) is 19.6 Å². The number of nitrogens with one attached hydrogen (secondary N) is 1. The van der Waals surface area contributed by atoms with Crippen LogP contribution in [0.25, 0.3) is 0 Å². The number of halogens is 2. The molecule has 1 heterocycles. The van der Waals surface area contributed by atoms with E-state index >= 15 is 0 Å². The summed E-state index contributed by atoms with van der Waals surface area (Å²) in [5, 5.41) is 3.18. The second kappa shape index (κ2) is 10.5. The number of hydrogen-bond acceptors (Lipinski definition) is 4. The predicted octanol–water partition coefficient (Wildman–Crippen LogP) is 3.59. The minimum absolute atomic E-state index is 0. The molecule has 3 rings (SSSR count). The van der Waals surface area contributed by atoms with Gasteiger partial charge in [-0.3, -0.25) is 9.69 Å². The zero-order valence-electron chi connectivity index (χ0n) is 14.5. The summed E-state index contributed by atoms with van der Waals surface area (Å²) in [5.74, 6) is 2.38. The van der Waals surface area contributed by atoms with Crippen LogP contribution in [-0.2, 0) is 0 Å². The van der Waals surface area contributed by atoms with Gasteiger partial charge in [0, 0.05) is 42.4 Å². The number of anilines is 1. The number of thioether (sulfide) groups is 1. The van der Waals surface area contributed by atoms with Crippen molar-refractivity contribution in [3.63, 3.8) is 0 Å². The van der Waals surface area contributed by atoms with Crippen molar-refractivity contribution in [2.75, 3.05) is 36.9 Å². The molecule has 0 unspecified atom stereocenters. The molecule has 0 radical (unpaired) electrons. The highest BCUT2D eigenvalue weighted by atomic mass is 35.5. The Balaban J connectivity index is 0.00000156. The Labute approximate surface area is 167 Å². The van der Waals surface area contributed by atoms with Gasteiger partial charge in [-0.15, -0.1) is 24.8 Å². The third-order valence-electron chi connectivity index (χ3n) is 5.25. The van der Waals surface area contributed by atoms with Gasteiger partial charge in [0.05, 0.1) is 5.56 Å². The van der Waals surface area contributed by atoms with E-state index in [1.165, 1.54) is 43.6 Å². The predicted molar refractivity (Wildman–Crippen MR) is 112 cm³/mol. The fraction of sp³-hybridized carbons (Fsp3) is 0.611. The third-order valence-corrected chi connectivity index (χ3v) is 6.19. The minimum Gasteiger partial charge on any atom is -0.398 e. The quantitative estimate of drug-likeness (QED) is 0.751. The Morgan fingerprint density at radius 3 is 2.40 bits per heavy atom. The molecule has 1 aliphatic heterocycles. The first-order chi connectivity index (χ1) is 11.2. The maximum atomic E-state index is 12.5. The molecule has 1 aliphatic carbocycles. The first-order valence-electron chi connectivity index (χ1n) is 8.67. The van der Waals surface area contributed by atoms with E-state index in [4.69, 9.17) is 5.73 Å². The maximum Gasteiger partial charge on any atom is 0.253 e. The molecule has 1 saturated carbocycles. The monoisotopic (exact) mass is 405 g/mol. The molecule has 0 bridgehead atoms. The number of para-hydroxylation sites is 1. The Kier molecular flexibility index (Phi) is 9.43. The van der Waals surface area contributed by atoms with E-state index < -0.39 is 0 Å². The van der Waals surface area contributed by atoms with Crippen LogP contribution in [0.2, 0.25) is 0 Å². The molecule has 0 spiro atoms. The van der Waals surface area contributed by atoms with Crippen LogP contribution in [0.3, 0.4) is 0 Å². The summed E-state index contributed by atoms with van der Waals surface area (Å²) < 4.78 is 0. The summed E-state index contributed by atoms with van der Waals surface area (Å²) in [7, 11) is 0. The number of hydrogen-bond donors (Lipinski definition) is 2. The van der Waals surface area contributed by atoms with Crippen molar-refractivity contribution < 1.29 is 4.79 Å². The molecule has 25 heavy (non-hydrogen) atoms. The largest absolute Gasteiger partial charge is 0.398 e. The van der Waals surface area contributed by atoms with Gasteiger partial charge in [0.25, 0.3) is 5.91 Å². The highest BCUT2D eigenvalue weighted by Gasteiger charge is 2.38. The summed E-state index contributed by atoms with van der Waals surface area (Å²) in [6.45, 7) is 3.03. The maximum absolute atomic E-state index is 12.5. The molecule has 2 aliphatic rings. The molecule has 1 aromatic rings. The number of nitrogens with two attached hydrogens (primary N) is 1. The van der Waals surface area contributed by atoms with Crippen LogP contribution in [0.5, 0.6) is 0 Å². The number of amides is 1. The van der Waals surface area contributed by atoms with Gasteiger partial charge in [-0.25, -0.2) is 0 Å². The molecule has 142 valence electrons. The van der Waals surface area contributed by atoms with E-state index in [9.17, 15) is 4.79 Å². The lowest BCUT2D eigenvalue weighted by Gasteiger charge is -2.48. The van der Waals surface area contributed by atoms with Crippen molar-refractivity contribution >= 4 is 48.2 Å². The molecule has 7 heteroatoms. The highest BCUT2D eigenvalue weighted by molar-refractivity contribution is 7.99. The van der Waals surface area contributed by atoms with Crippen LogP contribution in [0.15, 0.2) is 24.3 Å². The standard InChI is InChI=1S/C18H27N3OS.2ClH/c19-16-7-3-2-6-15(16)17(22)20-14-18(8-4-1-5-9-18)21-10-12-23-13-11-21;;/h2-3,6-7H,1,4-5,8-14,19H2,(H,20,22);2*1H. The van der Waals surface area contributed by atoms with Crippen molar-refractivity contribution in [3.8, 4) is 0 Å². The average Bonchev–Trinajstić information content (AvgIpc) is 2.62. The van der Waals surface area contributed by atoms with Gasteiger partial charge in [0.2, 0.25) is 0 Å². The Bertz CT molecular complexity index is 547. The van der Waals surface area contributed by atoms with Gasteiger partial charge < -0.3 is 11.1 Å². The molecule has 1 aromatic carbocycles. The number of nitrogen functional groups attached to an aromatic ring is 1. The molecule has 3 N–H and O–H groups in total. The van der Waals surface area contributed by atoms with Gasteiger partial charge in [-0.2, -0.15) is 11.8 Å². The van der Waals surface area contributed by atoms with Gasteiger partial charge in [-0.05, 0) is 25.0 Å². The molecule has 1 amide bonds. The number of carbonyl (C=O) groups is 1. The van der Waals surface area contributed by atoms with E-state index in [2.05, 4.69) is 10.2 Å². The Hall–Kier alpha value is -0.620. The van der Waals surface area contributed by atoms with E-state index in [1.807, 2.05) is 23.9 Å². The van der Waals surface area contributed by atoms with Crippen LogP contribution < -0.4 is 11.1 Å². The number of nitrogens with zero attached hydrogens (tertiary/aromatic N) is 1. The summed E-state index contributed by atoms with van der Waals surface area (Å²) in [5.41, 5.74) is 7.23. The molecular formula is C18H29Cl2N3OS. The van der Waals surface area contributed by atoms with Crippen molar-refractivity contribution in [2.45, 2.75) is 37.6 Å². The molecule has 4 nitrogen and oxygen atoms in total. The van der Waals surface area contributed by atoms with Crippen LogP contribution in [0.1, 0.15) is 42.5 Å². The highest BCUT2D eigenvalue weighted by Crippen LogP contribution is 2.35. The zero-order chi connectivity index (χ0) is 16.1. The van der Waals surface area contributed by atoms with Crippen molar-refractivity contribution in [2.24, 2.45) is 0 Å². The van der Waals surface area contributed by atoms with Gasteiger partial charge in [0.1, 0.15) is 0 Å². The Morgan fingerprint density at radius 1 is 1.12 bits per heavy atom. The third kappa shape index (κ3) is 5.43. The molecular weight excluding hydrogens is 377 g/mol. The summed E-state index contributed by atoms with van der Waals surface area (Å²) in [4.78, 5) is 15.2. The first kappa shape index (κ1) is 22.4. The average molecular weight is 406 g/mol. The minimum atomic E-state index is -0.0422. The molecule has 1 saturated heterocycles. The Morgan fingerprint density at radius 2 is 1.76 bits per heavy atom. The number of rotatable bonds is 4. The fourth-order valence-corrected chi connectivity index (χ4v) is 4.80. The second-order valence-corrected chi connectivity index (χ2v) is 7.88. The smallest absolute Gasteiger partial charge is 0.253 e. The lowest BCUT2D eigenvalue weighted by molar-refractivity contribution is 0.0549. The zero-order valence-corrected chi connectivity index (χ0v) is 17.0.